The predicted molar refractivity (Wildman–Crippen MR) is 138 cm³/mol. The second kappa shape index (κ2) is 10.4. The van der Waals surface area contributed by atoms with Crippen molar-refractivity contribution in [3.63, 3.8) is 0 Å². The van der Waals surface area contributed by atoms with E-state index in [1.165, 1.54) is 10.5 Å². The number of unbranched alkanes of at least 4 members (excludes halogenated alkanes) is 1. The zero-order valence-electron chi connectivity index (χ0n) is 20.2. The Kier molecular flexibility index (Phi) is 7.32. The van der Waals surface area contributed by atoms with Crippen LogP contribution in [0.3, 0.4) is 0 Å². The number of aromatic nitrogens is 1. The average Bonchev–Trinajstić information content (AvgIpc) is 3.17. The highest BCUT2D eigenvalue weighted by Crippen LogP contribution is 2.39. The maximum absolute atomic E-state index is 13.2. The van der Waals surface area contributed by atoms with Crippen LogP contribution in [0.2, 0.25) is 0 Å². The summed E-state index contributed by atoms with van der Waals surface area (Å²) in [7, 11) is 0. The minimum Gasteiger partial charge on any atom is -0.478 e. The highest BCUT2D eigenvalue weighted by Gasteiger charge is 2.35. The molecular formula is C27H31N3O3S. The van der Waals surface area contributed by atoms with Crippen LogP contribution < -0.4 is 15.0 Å². The lowest BCUT2D eigenvalue weighted by Gasteiger charge is -2.34. The quantitative estimate of drug-likeness (QED) is 0.438. The van der Waals surface area contributed by atoms with E-state index in [-0.39, 0.29) is 18.4 Å². The number of fused-ring (bicyclic) bond motifs is 1. The molecule has 1 aromatic heterocycles. The minimum atomic E-state index is -0.604. The van der Waals surface area contributed by atoms with E-state index in [2.05, 4.69) is 17.2 Å². The fraction of sp³-hybridized carbons (Fsp3) is 0.370. The van der Waals surface area contributed by atoms with Crippen molar-refractivity contribution in [2.45, 2.75) is 59.5 Å². The van der Waals surface area contributed by atoms with E-state index in [1.54, 1.807) is 11.3 Å². The molecule has 34 heavy (non-hydrogen) atoms. The van der Waals surface area contributed by atoms with Gasteiger partial charge in [0.25, 0.3) is 5.91 Å². The molecule has 4 rings (SSSR count). The van der Waals surface area contributed by atoms with Crippen molar-refractivity contribution >= 4 is 34.5 Å². The van der Waals surface area contributed by atoms with Crippen molar-refractivity contribution in [2.75, 3.05) is 16.8 Å². The number of nitrogens with one attached hydrogen (secondary N) is 1. The normalized spacial score (nSPS) is 15.1. The van der Waals surface area contributed by atoms with Gasteiger partial charge in [0.1, 0.15) is 12.3 Å². The van der Waals surface area contributed by atoms with Crippen molar-refractivity contribution in [2.24, 2.45) is 0 Å². The molecule has 1 atom stereocenters. The predicted octanol–water partition coefficient (Wildman–Crippen LogP) is 5.91. The zero-order chi connectivity index (χ0) is 24.2. The van der Waals surface area contributed by atoms with E-state index >= 15 is 0 Å². The minimum absolute atomic E-state index is 0.0815. The van der Waals surface area contributed by atoms with Crippen molar-refractivity contribution in [1.29, 1.82) is 0 Å². The molecule has 2 aromatic carbocycles. The van der Waals surface area contributed by atoms with Crippen LogP contribution in [-0.2, 0) is 16.0 Å². The molecule has 0 radical (unpaired) electrons. The Morgan fingerprint density at radius 3 is 2.56 bits per heavy atom. The fourth-order valence-electron chi connectivity index (χ4n) is 4.17. The van der Waals surface area contributed by atoms with Gasteiger partial charge in [0.15, 0.2) is 6.10 Å². The first kappa shape index (κ1) is 24.0. The number of hydrogen-bond acceptors (Lipinski definition) is 5. The Balaban J connectivity index is 1.56. The molecule has 0 aliphatic carbocycles. The Labute approximate surface area is 205 Å². The van der Waals surface area contributed by atoms with Gasteiger partial charge < -0.3 is 10.1 Å². The molecule has 0 spiro atoms. The number of thiazole rings is 1. The van der Waals surface area contributed by atoms with E-state index in [4.69, 9.17) is 4.74 Å². The third kappa shape index (κ3) is 5.14. The first-order valence-electron chi connectivity index (χ1n) is 11.8. The summed E-state index contributed by atoms with van der Waals surface area (Å²) in [4.78, 5) is 33.4. The van der Waals surface area contributed by atoms with Crippen LogP contribution in [0.4, 0.5) is 11.4 Å². The first-order chi connectivity index (χ1) is 16.4. The van der Waals surface area contributed by atoms with Crippen molar-refractivity contribution in [3.05, 3.63) is 57.9 Å². The second-order valence-electron chi connectivity index (χ2n) is 8.61. The summed E-state index contributed by atoms with van der Waals surface area (Å²) in [5.74, 6) is 0.153. The summed E-state index contributed by atoms with van der Waals surface area (Å²) in [6.07, 6.45) is 3.25. The number of hydrogen-bond donors (Lipinski definition) is 1. The number of rotatable bonds is 8. The van der Waals surface area contributed by atoms with Crippen LogP contribution in [0.1, 0.15) is 48.6 Å². The molecule has 1 aliphatic rings. The van der Waals surface area contributed by atoms with Crippen molar-refractivity contribution in [3.8, 4) is 17.0 Å². The standard InChI is InChI=1S/C27H31N3O3S/c1-5-7-8-19-9-12-21(13-10-19)29-25(31)16-30-22-15-20(26-17(3)34-18(4)28-26)11-14-24(22)33-23(6-2)27(30)32/h9-15,23H,5-8,16H2,1-4H3,(H,29,31). The van der Waals surface area contributed by atoms with E-state index in [1.807, 2.05) is 63.2 Å². The van der Waals surface area contributed by atoms with Crippen LogP contribution >= 0.6 is 11.3 Å². The Morgan fingerprint density at radius 1 is 1.15 bits per heavy atom. The van der Waals surface area contributed by atoms with E-state index in [0.717, 1.165) is 46.1 Å². The maximum atomic E-state index is 13.2. The largest absolute Gasteiger partial charge is 0.478 e. The van der Waals surface area contributed by atoms with Crippen LogP contribution in [0, 0.1) is 13.8 Å². The molecule has 7 heteroatoms. The third-order valence-corrected chi connectivity index (χ3v) is 6.85. The molecule has 0 fully saturated rings. The van der Waals surface area contributed by atoms with Gasteiger partial charge in [-0.2, -0.15) is 0 Å². The molecule has 178 valence electrons. The zero-order valence-corrected chi connectivity index (χ0v) is 21.0. The molecular weight excluding hydrogens is 446 g/mol. The summed E-state index contributed by atoms with van der Waals surface area (Å²) < 4.78 is 5.95. The van der Waals surface area contributed by atoms with Crippen molar-refractivity contribution in [1.82, 2.24) is 4.98 Å². The fourth-order valence-corrected chi connectivity index (χ4v) is 5.01. The number of ether oxygens (including phenoxy) is 1. The van der Waals surface area contributed by atoms with Gasteiger partial charge in [-0.3, -0.25) is 14.5 Å². The third-order valence-electron chi connectivity index (χ3n) is 5.97. The molecule has 3 aromatic rings. The monoisotopic (exact) mass is 477 g/mol. The Hall–Kier alpha value is -3.19. The van der Waals surface area contributed by atoms with Gasteiger partial charge in [0.05, 0.1) is 16.4 Å². The van der Waals surface area contributed by atoms with Crippen LogP contribution in [-0.4, -0.2) is 29.4 Å². The van der Waals surface area contributed by atoms with Gasteiger partial charge in [-0.05, 0) is 69.0 Å². The van der Waals surface area contributed by atoms with Gasteiger partial charge in [-0.15, -0.1) is 11.3 Å². The Bertz CT molecular complexity index is 1190. The Morgan fingerprint density at radius 2 is 1.91 bits per heavy atom. The van der Waals surface area contributed by atoms with Gasteiger partial charge >= 0.3 is 0 Å². The molecule has 1 N–H and O–H groups in total. The van der Waals surface area contributed by atoms with Crippen molar-refractivity contribution < 1.29 is 14.3 Å². The number of benzene rings is 2. The molecule has 6 nitrogen and oxygen atoms in total. The number of carbonyl (C=O) groups is 2. The molecule has 0 saturated carbocycles. The summed E-state index contributed by atoms with van der Waals surface area (Å²) in [6.45, 7) is 8.01. The topological polar surface area (TPSA) is 71.5 Å². The number of carbonyl (C=O) groups excluding carboxylic acids is 2. The summed E-state index contributed by atoms with van der Waals surface area (Å²) in [6, 6.07) is 13.6. The summed E-state index contributed by atoms with van der Waals surface area (Å²) in [5.41, 5.74) is 4.37. The van der Waals surface area contributed by atoms with E-state index in [9.17, 15) is 9.59 Å². The second-order valence-corrected chi connectivity index (χ2v) is 10.0. The number of nitrogens with zero attached hydrogens (tertiary/aromatic N) is 2. The molecule has 1 aliphatic heterocycles. The average molecular weight is 478 g/mol. The SMILES string of the molecule is CCCCc1ccc(NC(=O)CN2C(=O)C(CC)Oc3ccc(-c4nc(C)sc4C)cc32)cc1. The maximum Gasteiger partial charge on any atom is 0.268 e. The molecule has 0 saturated heterocycles. The number of anilines is 2. The van der Waals surface area contributed by atoms with Gasteiger partial charge in [0.2, 0.25) is 5.91 Å². The lowest BCUT2D eigenvalue weighted by Crippen LogP contribution is -2.48. The molecule has 2 heterocycles. The van der Waals surface area contributed by atoms with Crippen LogP contribution in [0.15, 0.2) is 42.5 Å². The smallest absolute Gasteiger partial charge is 0.268 e. The van der Waals surface area contributed by atoms with Crippen LogP contribution in [0.5, 0.6) is 5.75 Å². The molecule has 0 bridgehead atoms. The summed E-state index contributed by atoms with van der Waals surface area (Å²) in [5, 5.41) is 3.92. The van der Waals surface area contributed by atoms with Crippen LogP contribution in [0.25, 0.3) is 11.3 Å². The van der Waals surface area contributed by atoms with E-state index < -0.39 is 6.10 Å². The lowest BCUT2D eigenvalue weighted by atomic mass is 10.1. The number of amides is 2. The molecule has 2 amide bonds. The van der Waals surface area contributed by atoms with Gasteiger partial charge in [-0.1, -0.05) is 32.4 Å². The summed E-state index contributed by atoms with van der Waals surface area (Å²) >= 11 is 1.64. The van der Waals surface area contributed by atoms with E-state index in [0.29, 0.717) is 17.9 Å². The lowest BCUT2D eigenvalue weighted by molar-refractivity contribution is -0.128. The first-order valence-corrected chi connectivity index (χ1v) is 12.7. The van der Waals surface area contributed by atoms with Gasteiger partial charge in [0, 0.05) is 16.1 Å². The highest BCUT2D eigenvalue weighted by molar-refractivity contribution is 7.11. The van der Waals surface area contributed by atoms with Gasteiger partial charge in [-0.25, -0.2) is 4.98 Å². The number of aryl methyl sites for hydroxylation is 3. The molecule has 1 unspecified atom stereocenters. The highest BCUT2D eigenvalue weighted by atomic mass is 32.1.